The van der Waals surface area contributed by atoms with Gasteiger partial charge in [-0.15, -0.1) is 0 Å². The number of hydrogen-bond acceptors (Lipinski definition) is 2. The molecule has 0 aromatic carbocycles. The predicted molar refractivity (Wildman–Crippen MR) is 88.3 cm³/mol. The Morgan fingerprint density at radius 3 is 2.29 bits per heavy atom. The molecule has 3 fully saturated rings. The molecule has 2 aliphatic carbocycles. The molecule has 0 amide bonds. The van der Waals surface area contributed by atoms with Gasteiger partial charge in [0, 0.05) is 6.54 Å². The summed E-state index contributed by atoms with van der Waals surface area (Å²) in [6, 6.07) is 0. The van der Waals surface area contributed by atoms with Crippen molar-refractivity contribution in [3.05, 3.63) is 0 Å². The van der Waals surface area contributed by atoms with E-state index < -0.39 is 0 Å². The first-order valence-corrected chi connectivity index (χ1v) is 9.39. The number of nitrogens with zero attached hydrogens (tertiary/aromatic N) is 1. The van der Waals surface area contributed by atoms with Crippen molar-refractivity contribution in [3.63, 3.8) is 0 Å². The van der Waals surface area contributed by atoms with Crippen molar-refractivity contribution in [2.75, 3.05) is 19.6 Å². The second-order valence-electron chi connectivity index (χ2n) is 9.10. The zero-order valence-corrected chi connectivity index (χ0v) is 14.2. The minimum Gasteiger partial charge on any atom is -0.393 e. The summed E-state index contributed by atoms with van der Waals surface area (Å²) in [5.41, 5.74) is 1.14. The third-order valence-corrected chi connectivity index (χ3v) is 6.80. The van der Waals surface area contributed by atoms with E-state index in [1.807, 2.05) is 0 Å². The van der Waals surface area contributed by atoms with E-state index in [4.69, 9.17) is 0 Å². The maximum atomic E-state index is 10.3. The van der Waals surface area contributed by atoms with Gasteiger partial charge in [-0.2, -0.15) is 0 Å². The molecule has 0 radical (unpaired) electrons. The number of rotatable bonds is 2. The first-order valence-electron chi connectivity index (χ1n) is 9.39. The Morgan fingerprint density at radius 1 is 0.952 bits per heavy atom. The molecule has 2 unspecified atom stereocenters. The van der Waals surface area contributed by atoms with Crippen LogP contribution in [-0.4, -0.2) is 35.7 Å². The lowest BCUT2D eigenvalue weighted by molar-refractivity contribution is -0.0111. The van der Waals surface area contributed by atoms with Crippen LogP contribution in [0.15, 0.2) is 0 Å². The molecule has 0 aromatic heterocycles. The van der Waals surface area contributed by atoms with Crippen LogP contribution in [0.25, 0.3) is 0 Å². The lowest BCUT2D eigenvalue weighted by atomic mass is 9.67. The van der Waals surface area contributed by atoms with Crippen molar-refractivity contribution < 1.29 is 5.11 Å². The normalized spacial score (nSPS) is 36.7. The van der Waals surface area contributed by atoms with Crippen molar-refractivity contribution >= 4 is 0 Å². The molecule has 1 heterocycles. The minimum absolute atomic E-state index is 0.0522. The Bertz CT molecular complexity index is 335. The monoisotopic (exact) mass is 293 g/mol. The number of aliphatic hydroxyl groups is 1. The number of piperidine rings is 1. The van der Waals surface area contributed by atoms with Crippen LogP contribution >= 0.6 is 0 Å². The Hall–Kier alpha value is -0.0800. The zero-order chi connectivity index (χ0) is 14.9. The van der Waals surface area contributed by atoms with Gasteiger partial charge in [-0.25, -0.2) is 0 Å². The molecule has 1 aliphatic heterocycles. The first-order chi connectivity index (χ1) is 9.98. The summed E-state index contributed by atoms with van der Waals surface area (Å²) < 4.78 is 0. The molecule has 2 atom stereocenters. The predicted octanol–water partition coefficient (Wildman–Crippen LogP) is 4.22. The van der Waals surface area contributed by atoms with Crippen molar-refractivity contribution in [3.8, 4) is 0 Å². The summed E-state index contributed by atoms with van der Waals surface area (Å²) in [5.74, 6) is 0.508. The van der Waals surface area contributed by atoms with Crippen molar-refractivity contribution in [2.45, 2.75) is 84.2 Å². The second kappa shape index (κ2) is 6.20. The molecular weight excluding hydrogens is 258 g/mol. The second-order valence-corrected chi connectivity index (χ2v) is 9.10. The Kier molecular flexibility index (Phi) is 4.66. The Labute approximate surface area is 131 Å². The highest BCUT2D eigenvalue weighted by atomic mass is 16.3. The van der Waals surface area contributed by atoms with Crippen molar-refractivity contribution in [2.24, 2.45) is 16.7 Å². The molecule has 3 aliphatic rings. The Balaban J connectivity index is 1.50. The van der Waals surface area contributed by atoms with Gasteiger partial charge in [0.15, 0.2) is 0 Å². The van der Waals surface area contributed by atoms with Gasteiger partial charge in [0.2, 0.25) is 0 Å². The summed E-state index contributed by atoms with van der Waals surface area (Å²) in [6.07, 6.45) is 13.6. The third kappa shape index (κ3) is 3.82. The molecule has 2 nitrogen and oxygen atoms in total. The fourth-order valence-electron chi connectivity index (χ4n) is 5.25. The molecule has 2 heteroatoms. The average Bonchev–Trinajstić information content (AvgIpc) is 2.46. The molecular formula is C19H35NO. The molecule has 3 rings (SSSR count). The van der Waals surface area contributed by atoms with Gasteiger partial charge in [-0.05, 0) is 74.8 Å². The van der Waals surface area contributed by atoms with E-state index in [1.54, 1.807) is 0 Å². The molecule has 21 heavy (non-hydrogen) atoms. The van der Waals surface area contributed by atoms with Gasteiger partial charge < -0.3 is 10.0 Å². The van der Waals surface area contributed by atoms with E-state index in [-0.39, 0.29) is 6.10 Å². The molecule has 2 saturated carbocycles. The van der Waals surface area contributed by atoms with Gasteiger partial charge in [-0.3, -0.25) is 0 Å². The van der Waals surface area contributed by atoms with E-state index >= 15 is 0 Å². The standard InChI is InChI=1S/C19H35NO/c1-18(2)9-6-17(21)16(14-18)15-20-12-10-19(11-13-20)7-4-3-5-8-19/h16-17,21H,3-15H2,1-2H3. The highest BCUT2D eigenvalue weighted by Crippen LogP contribution is 2.45. The SMILES string of the molecule is CC1(C)CCC(O)C(CN2CCC3(CCCCC3)CC2)C1. The van der Waals surface area contributed by atoms with Crippen LogP contribution in [0.1, 0.15) is 78.1 Å². The Morgan fingerprint density at radius 2 is 1.62 bits per heavy atom. The topological polar surface area (TPSA) is 23.5 Å². The molecule has 122 valence electrons. The van der Waals surface area contributed by atoms with E-state index in [0.717, 1.165) is 13.0 Å². The van der Waals surface area contributed by atoms with Crippen LogP contribution in [0.4, 0.5) is 0 Å². The van der Waals surface area contributed by atoms with Gasteiger partial charge in [0.1, 0.15) is 0 Å². The van der Waals surface area contributed by atoms with Gasteiger partial charge in [0.25, 0.3) is 0 Å². The van der Waals surface area contributed by atoms with Crippen LogP contribution in [0, 0.1) is 16.7 Å². The summed E-state index contributed by atoms with van der Waals surface area (Å²) in [4.78, 5) is 2.66. The van der Waals surface area contributed by atoms with Crippen molar-refractivity contribution in [1.29, 1.82) is 0 Å². The van der Waals surface area contributed by atoms with E-state index in [0.29, 0.717) is 16.7 Å². The zero-order valence-electron chi connectivity index (χ0n) is 14.2. The lowest BCUT2D eigenvalue weighted by Crippen LogP contribution is -2.46. The van der Waals surface area contributed by atoms with Crippen LogP contribution in [0.5, 0.6) is 0 Å². The molecule has 0 aromatic rings. The maximum Gasteiger partial charge on any atom is 0.0581 e. The molecule has 1 saturated heterocycles. The number of hydrogen-bond donors (Lipinski definition) is 1. The average molecular weight is 293 g/mol. The van der Waals surface area contributed by atoms with Crippen LogP contribution in [0.2, 0.25) is 0 Å². The summed E-state index contributed by atoms with van der Waals surface area (Å²) in [5, 5.41) is 10.3. The van der Waals surface area contributed by atoms with E-state index in [2.05, 4.69) is 18.7 Å². The van der Waals surface area contributed by atoms with Crippen LogP contribution in [-0.2, 0) is 0 Å². The van der Waals surface area contributed by atoms with Gasteiger partial charge in [-0.1, -0.05) is 33.1 Å². The number of likely N-dealkylation sites (tertiary alicyclic amines) is 1. The number of aliphatic hydroxyl groups excluding tert-OH is 1. The van der Waals surface area contributed by atoms with E-state index in [9.17, 15) is 5.11 Å². The van der Waals surface area contributed by atoms with Gasteiger partial charge in [0.05, 0.1) is 6.10 Å². The third-order valence-electron chi connectivity index (χ3n) is 6.80. The van der Waals surface area contributed by atoms with Crippen LogP contribution in [0.3, 0.4) is 0 Å². The maximum absolute atomic E-state index is 10.3. The highest BCUT2D eigenvalue weighted by molar-refractivity contribution is 4.91. The molecule has 1 N–H and O–H groups in total. The van der Waals surface area contributed by atoms with Crippen molar-refractivity contribution in [1.82, 2.24) is 4.90 Å². The highest BCUT2D eigenvalue weighted by Gasteiger charge is 2.38. The minimum atomic E-state index is -0.0522. The molecule has 1 spiro atoms. The summed E-state index contributed by atoms with van der Waals surface area (Å²) >= 11 is 0. The lowest BCUT2D eigenvalue weighted by Gasteiger charge is -2.46. The first kappa shape index (κ1) is 15.8. The van der Waals surface area contributed by atoms with Gasteiger partial charge >= 0.3 is 0 Å². The fraction of sp³-hybridized carbons (Fsp3) is 1.00. The summed E-state index contributed by atoms with van der Waals surface area (Å²) in [6.45, 7) is 8.45. The summed E-state index contributed by atoms with van der Waals surface area (Å²) in [7, 11) is 0. The van der Waals surface area contributed by atoms with E-state index in [1.165, 1.54) is 70.9 Å². The quantitative estimate of drug-likeness (QED) is 0.824. The molecule has 0 bridgehead atoms. The fourth-order valence-corrected chi connectivity index (χ4v) is 5.25. The smallest absolute Gasteiger partial charge is 0.0581 e. The van der Waals surface area contributed by atoms with Crippen LogP contribution < -0.4 is 0 Å². The largest absolute Gasteiger partial charge is 0.393 e.